The molecule has 0 spiro atoms. The lowest BCUT2D eigenvalue weighted by Gasteiger charge is -2.24. The van der Waals surface area contributed by atoms with Crippen LogP contribution in [0.2, 0.25) is 0 Å². The first-order valence-electron chi connectivity index (χ1n) is 9.94. The molecule has 5 nitrogen and oxygen atoms in total. The lowest BCUT2D eigenvalue weighted by atomic mass is 9.97. The summed E-state index contributed by atoms with van der Waals surface area (Å²) in [4.78, 5) is 25.4. The molecule has 0 heterocycles. The minimum Gasteiger partial charge on any atom is -0.459 e. The van der Waals surface area contributed by atoms with Gasteiger partial charge in [0.05, 0.1) is 6.04 Å². The lowest BCUT2D eigenvalue weighted by Crippen LogP contribution is -2.52. The summed E-state index contributed by atoms with van der Waals surface area (Å²) in [6.45, 7) is 0.203. The van der Waals surface area contributed by atoms with E-state index in [-0.39, 0.29) is 24.4 Å². The zero-order valence-corrected chi connectivity index (χ0v) is 16.1. The van der Waals surface area contributed by atoms with Crippen LogP contribution in [-0.4, -0.2) is 24.0 Å². The summed E-state index contributed by atoms with van der Waals surface area (Å²) < 4.78 is 5.51. The number of benzene rings is 2. The molecule has 3 N–H and O–H groups in total. The van der Waals surface area contributed by atoms with Gasteiger partial charge in [-0.25, -0.2) is 4.79 Å². The molecule has 0 saturated heterocycles. The Balaban J connectivity index is 1.60. The first kappa shape index (κ1) is 20.1. The Hall–Kier alpha value is -2.66. The van der Waals surface area contributed by atoms with Gasteiger partial charge < -0.3 is 15.8 Å². The van der Waals surface area contributed by atoms with Crippen molar-refractivity contribution in [1.82, 2.24) is 5.32 Å². The molecule has 148 valence electrons. The van der Waals surface area contributed by atoms with E-state index in [1.807, 2.05) is 60.7 Å². The summed E-state index contributed by atoms with van der Waals surface area (Å²) in [5, 5.41) is 2.88. The van der Waals surface area contributed by atoms with E-state index in [1.165, 1.54) is 0 Å². The third kappa shape index (κ3) is 5.67. The molecule has 1 amide bonds. The SMILES string of the molecule is N[C@H](Cc1ccccc1)C(=O)NC(C(=O)OCc1ccccc1)C1CCCC1. The third-order valence-electron chi connectivity index (χ3n) is 5.28. The van der Waals surface area contributed by atoms with Crippen LogP contribution in [0.25, 0.3) is 0 Å². The van der Waals surface area contributed by atoms with Crippen molar-refractivity contribution in [2.24, 2.45) is 11.7 Å². The van der Waals surface area contributed by atoms with E-state index in [0.717, 1.165) is 36.8 Å². The Morgan fingerprint density at radius 1 is 0.964 bits per heavy atom. The summed E-state index contributed by atoms with van der Waals surface area (Å²) >= 11 is 0. The molecule has 1 aliphatic carbocycles. The first-order chi connectivity index (χ1) is 13.6. The van der Waals surface area contributed by atoms with Crippen LogP contribution in [-0.2, 0) is 27.4 Å². The maximum atomic E-state index is 12.7. The molecule has 2 aromatic rings. The van der Waals surface area contributed by atoms with Crippen LogP contribution >= 0.6 is 0 Å². The molecular formula is C23H28N2O3. The number of hydrogen-bond acceptors (Lipinski definition) is 4. The molecule has 3 rings (SSSR count). The molecule has 2 aromatic carbocycles. The fourth-order valence-electron chi connectivity index (χ4n) is 3.70. The van der Waals surface area contributed by atoms with E-state index < -0.39 is 12.1 Å². The smallest absolute Gasteiger partial charge is 0.329 e. The van der Waals surface area contributed by atoms with E-state index in [2.05, 4.69) is 5.32 Å². The molecule has 1 saturated carbocycles. The predicted molar refractivity (Wildman–Crippen MR) is 108 cm³/mol. The quantitative estimate of drug-likeness (QED) is 0.690. The van der Waals surface area contributed by atoms with E-state index >= 15 is 0 Å². The minimum atomic E-state index is -0.701. The van der Waals surface area contributed by atoms with Gasteiger partial charge in [0.1, 0.15) is 12.6 Å². The maximum absolute atomic E-state index is 12.7. The third-order valence-corrected chi connectivity index (χ3v) is 5.28. The molecule has 1 unspecified atom stereocenters. The van der Waals surface area contributed by atoms with Crippen molar-refractivity contribution in [3.8, 4) is 0 Å². The number of carbonyl (C=O) groups is 2. The van der Waals surface area contributed by atoms with Crippen LogP contribution in [0, 0.1) is 5.92 Å². The molecule has 5 heteroatoms. The van der Waals surface area contributed by atoms with Crippen molar-refractivity contribution in [2.45, 2.75) is 50.8 Å². The number of hydrogen-bond donors (Lipinski definition) is 2. The van der Waals surface area contributed by atoms with Gasteiger partial charge in [-0.2, -0.15) is 0 Å². The highest BCUT2D eigenvalue weighted by Gasteiger charge is 2.34. The summed E-state index contributed by atoms with van der Waals surface area (Å²) in [7, 11) is 0. The van der Waals surface area contributed by atoms with Gasteiger partial charge in [0.15, 0.2) is 0 Å². The maximum Gasteiger partial charge on any atom is 0.329 e. The number of rotatable bonds is 8. The standard InChI is InChI=1S/C23H28N2O3/c24-20(15-17-9-3-1-4-10-17)22(26)25-21(19-13-7-8-14-19)23(27)28-16-18-11-5-2-6-12-18/h1-6,9-12,19-21H,7-8,13-16,24H2,(H,25,26)/t20-,21?/m1/s1. The molecular weight excluding hydrogens is 352 g/mol. The zero-order valence-electron chi connectivity index (χ0n) is 16.1. The van der Waals surface area contributed by atoms with Crippen molar-refractivity contribution in [1.29, 1.82) is 0 Å². The lowest BCUT2D eigenvalue weighted by molar-refractivity contribution is -0.151. The number of nitrogens with one attached hydrogen (secondary N) is 1. The monoisotopic (exact) mass is 380 g/mol. The van der Waals surface area contributed by atoms with Crippen molar-refractivity contribution >= 4 is 11.9 Å². The second-order valence-corrected chi connectivity index (χ2v) is 7.42. The molecule has 0 aromatic heterocycles. The Kier molecular flexibility index (Phi) is 7.20. The van der Waals surface area contributed by atoms with Gasteiger partial charge in [0, 0.05) is 0 Å². The van der Waals surface area contributed by atoms with Gasteiger partial charge >= 0.3 is 5.97 Å². The number of amides is 1. The van der Waals surface area contributed by atoms with Crippen LogP contribution in [0.4, 0.5) is 0 Å². The average Bonchev–Trinajstić information content (AvgIpc) is 3.26. The zero-order chi connectivity index (χ0) is 19.8. The Bertz CT molecular complexity index is 758. The van der Waals surface area contributed by atoms with Gasteiger partial charge in [0.2, 0.25) is 5.91 Å². The van der Waals surface area contributed by atoms with Crippen LogP contribution < -0.4 is 11.1 Å². The molecule has 1 aliphatic rings. The Labute approximate surface area is 166 Å². The van der Waals surface area contributed by atoms with Crippen molar-refractivity contribution < 1.29 is 14.3 Å². The first-order valence-corrected chi connectivity index (χ1v) is 9.94. The normalized spacial score (nSPS) is 16.3. The molecule has 28 heavy (non-hydrogen) atoms. The highest BCUT2D eigenvalue weighted by molar-refractivity contribution is 5.87. The van der Waals surface area contributed by atoms with Gasteiger partial charge in [0.25, 0.3) is 0 Å². The fourth-order valence-corrected chi connectivity index (χ4v) is 3.70. The van der Waals surface area contributed by atoms with E-state index in [4.69, 9.17) is 10.5 Å². The van der Waals surface area contributed by atoms with Crippen LogP contribution in [0.3, 0.4) is 0 Å². The van der Waals surface area contributed by atoms with Crippen LogP contribution in [0.5, 0.6) is 0 Å². The Morgan fingerprint density at radius 2 is 1.54 bits per heavy atom. The van der Waals surface area contributed by atoms with Crippen LogP contribution in [0.15, 0.2) is 60.7 Å². The van der Waals surface area contributed by atoms with Gasteiger partial charge in [-0.15, -0.1) is 0 Å². The second-order valence-electron chi connectivity index (χ2n) is 7.42. The minimum absolute atomic E-state index is 0.108. The molecule has 0 bridgehead atoms. The summed E-state index contributed by atoms with van der Waals surface area (Å²) in [6.07, 6.45) is 4.40. The summed E-state index contributed by atoms with van der Waals surface area (Å²) in [5.74, 6) is -0.579. The number of carbonyl (C=O) groups excluding carboxylic acids is 2. The number of nitrogens with two attached hydrogens (primary N) is 1. The number of esters is 1. The van der Waals surface area contributed by atoms with Gasteiger partial charge in [-0.1, -0.05) is 73.5 Å². The molecule has 0 aliphatic heterocycles. The summed E-state index contributed by atoms with van der Waals surface area (Å²) in [6, 6.07) is 17.8. The van der Waals surface area contributed by atoms with E-state index in [0.29, 0.717) is 6.42 Å². The second kappa shape index (κ2) is 10.0. The van der Waals surface area contributed by atoms with E-state index in [1.54, 1.807) is 0 Å². The summed E-state index contributed by atoms with van der Waals surface area (Å²) in [5.41, 5.74) is 8.02. The Morgan fingerprint density at radius 3 is 2.14 bits per heavy atom. The highest BCUT2D eigenvalue weighted by Crippen LogP contribution is 2.28. The predicted octanol–water partition coefficient (Wildman–Crippen LogP) is 2.97. The van der Waals surface area contributed by atoms with Crippen molar-refractivity contribution in [3.63, 3.8) is 0 Å². The van der Waals surface area contributed by atoms with Crippen molar-refractivity contribution in [2.75, 3.05) is 0 Å². The molecule has 0 radical (unpaired) electrons. The number of ether oxygens (including phenoxy) is 1. The largest absolute Gasteiger partial charge is 0.459 e. The highest BCUT2D eigenvalue weighted by atomic mass is 16.5. The molecule has 1 fully saturated rings. The topological polar surface area (TPSA) is 81.4 Å². The van der Waals surface area contributed by atoms with Gasteiger partial charge in [-0.3, -0.25) is 4.79 Å². The fraction of sp³-hybridized carbons (Fsp3) is 0.391. The average molecular weight is 380 g/mol. The molecule has 2 atom stereocenters. The van der Waals surface area contributed by atoms with Crippen LogP contribution in [0.1, 0.15) is 36.8 Å². The van der Waals surface area contributed by atoms with E-state index in [9.17, 15) is 9.59 Å². The van der Waals surface area contributed by atoms with Gasteiger partial charge in [-0.05, 0) is 36.3 Å². The van der Waals surface area contributed by atoms with Crippen molar-refractivity contribution in [3.05, 3.63) is 71.8 Å².